The molecular formula is C16H27N3O. The van der Waals surface area contributed by atoms with Gasteiger partial charge in [0, 0.05) is 23.8 Å². The van der Waals surface area contributed by atoms with Crippen molar-refractivity contribution in [3.05, 3.63) is 11.8 Å². The summed E-state index contributed by atoms with van der Waals surface area (Å²) in [6, 6.07) is 0.489. The van der Waals surface area contributed by atoms with Gasteiger partial charge in [-0.25, -0.2) is 0 Å². The first-order chi connectivity index (χ1) is 9.68. The molecule has 1 unspecified atom stereocenters. The Labute approximate surface area is 122 Å². The highest BCUT2D eigenvalue weighted by Crippen LogP contribution is 2.33. The molecule has 1 amide bonds. The van der Waals surface area contributed by atoms with Crippen molar-refractivity contribution in [1.82, 2.24) is 15.5 Å². The van der Waals surface area contributed by atoms with Crippen molar-refractivity contribution < 1.29 is 4.79 Å². The summed E-state index contributed by atoms with van der Waals surface area (Å²) in [6.45, 7) is 4.70. The third kappa shape index (κ3) is 3.23. The van der Waals surface area contributed by atoms with Gasteiger partial charge < -0.3 is 15.5 Å². The first-order valence-electron chi connectivity index (χ1n) is 8.15. The molecule has 1 saturated carbocycles. The van der Waals surface area contributed by atoms with Crippen LogP contribution in [0.1, 0.15) is 51.9 Å². The van der Waals surface area contributed by atoms with Gasteiger partial charge in [0.2, 0.25) is 5.91 Å². The maximum Gasteiger partial charge on any atom is 0.240 e. The van der Waals surface area contributed by atoms with Crippen LogP contribution in [0.4, 0.5) is 0 Å². The van der Waals surface area contributed by atoms with Crippen molar-refractivity contribution in [3.63, 3.8) is 0 Å². The molecule has 1 saturated heterocycles. The molecule has 1 aliphatic heterocycles. The van der Waals surface area contributed by atoms with E-state index in [1.54, 1.807) is 0 Å². The van der Waals surface area contributed by atoms with Gasteiger partial charge in [-0.2, -0.15) is 0 Å². The molecule has 1 heterocycles. The van der Waals surface area contributed by atoms with Gasteiger partial charge in [0.05, 0.1) is 6.54 Å². The van der Waals surface area contributed by atoms with E-state index in [2.05, 4.69) is 28.5 Å². The van der Waals surface area contributed by atoms with Crippen molar-refractivity contribution in [3.8, 4) is 0 Å². The summed E-state index contributed by atoms with van der Waals surface area (Å²) in [6.07, 6.45) is 10.5. The van der Waals surface area contributed by atoms with Gasteiger partial charge in [0.25, 0.3) is 0 Å². The number of hydrogen-bond acceptors (Lipinski definition) is 3. The smallest absolute Gasteiger partial charge is 0.240 e. The lowest BCUT2D eigenvalue weighted by atomic mass is 10.0. The minimum absolute atomic E-state index is 0.0891. The molecule has 2 aliphatic carbocycles. The summed E-state index contributed by atoms with van der Waals surface area (Å²) in [4.78, 5) is 14.7. The third-order valence-electron chi connectivity index (χ3n) is 4.79. The van der Waals surface area contributed by atoms with E-state index in [0.717, 1.165) is 32.4 Å². The normalized spacial score (nSPS) is 30.1. The van der Waals surface area contributed by atoms with E-state index in [1.807, 2.05) is 0 Å². The average Bonchev–Trinajstić information content (AvgIpc) is 3.19. The van der Waals surface area contributed by atoms with Crippen LogP contribution in [0.3, 0.4) is 0 Å². The van der Waals surface area contributed by atoms with Crippen LogP contribution in [0.5, 0.6) is 0 Å². The molecule has 112 valence electrons. The fourth-order valence-corrected chi connectivity index (χ4v) is 3.31. The lowest BCUT2D eigenvalue weighted by molar-refractivity contribution is -0.129. The predicted molar refractivity (Wildman–Crippen MR) is 80.3 cm³/mol. The largest absolute Gasteiger partial charge is 0.315 e. The highest BCUT2D eigenvalue weighted by molar-refractivity contribution is 5.81. The lowest BCUT2D eigenvalue weighted by Crippen LogP contribution is -2.49. The molecule has 2 fully saturated rings. The summed E-state index contributed by atoms with van der Waals surface area (Å²) in [7, 11) is 0. The molecule has 0 aromatic rings. The van der Waals surface area contributed by atoms with E-state index in [0.29, 0.717) is 12.6 Å². The van der Waals surface area contributed by atoms with Crippen LogP contribution in [0.15, 0.2) is 11.8 Å². The molecular weight excluding hydrogens is 250 g/mol. The SMILES string of the molecule is CC1(NCC(=O)N(C2=CCCCC2)C2CC2)CCNC1. The van der Waals surface area contributed by atoms with Crippen molar-refractivity contribution in [2.24, 2.45) is 0 Å². The Morgan fingerprint density at radius 3 is 2.95 bits per heavy atom. The molecule has 0 aromatic carbocycles. The van der Waals surface area contributed by atoms with Crippen LogP contribution < -0.4 is 10.6 Å². The van der Waals surface area contributed by atoms with Gasteiger partial charge >= 0.3 is 0 Å². The summed E-state index contributed by atoms with van der Waals surface area (Å²) in [5.74, 6) is 0.272. The standard InChI is InChI=1S/C16H27N3O/c1-16(9-10-17-12-16)18-11-15(20)19(14-7-8-14)13-5-3-2-4-6-13/h5,14,17-18H,2-4,6-12H2,1H3. The number of rotatable bonds is 5. The quantitative estimate of drug-likeness (QED) is 0.805. The Hall–Kier alpha value is -0.870. The number of hydrogen-bond donors (Lipinski definition) is 2. The summed E-state index contributed by atoms with van der Waals surface area (Å²) >= 11 is 0. The minimum atomic E-state index is 0.0891. The number of amides is 1. The molecule has 20 heavy (non-hydrogen) atoms. The molecule has 2 N–H and O–H groups in total. The van der Waals surface area contributed by atoms with Crippen LogP contribution in [-0.2, 0) is 4.79 Å². The first-order valence-corrected chi connectivity index (χ1v) is 8.15. The van der Waals surface area contributed by atoms with Gasteiger partial charge in [-0.1, -0.05) is 6.08 Å². The summed E-state index contributed by atoms with van der Waals surface area (Å²) in [5.41, 5.74) is 1.38. The molecule has 3 aliphatic rings. The zero-order valence-corrected chi connectivity index (χ0v) is 12.6. The molecule has 3 rings (SSSR count). The minimum Gasteiger partial charge on any atom is -0.315 e. The zero-order chi connectivity index (χ0) is 14.0. The van der Waals surface area contributed by atoms with Crippen LogP contribution in [0, 0.1) is 0 Å². The van der Waals surface area contributed by atoms with Gasteiger partial charge in [0.1, 0.15) is 0 Å². The molecule has 4 nitrogen and oxygen atoms in total. The average molecular weight is 277 g/mol. The summed E-state index contributed by atoms with van der Waals surface area (Å²) < 4.78 is 0. The predicted octanol–water partition coefficient (Wildman–Crippen LogP) is 1.78. The molecule has 0 aromatic heterocycles. The number of carbonyl (C=O) groups excluding carboxylic acids is 1. The van der Waals surface area contributed by atoms with E-state index in [9.17, 15) is 4.79 Å². The van der Waals surface area contributed by atoms with Crippen LogP contribution in [0.2, 0.25) is 0 Å². The Kier molecular flexibility index (Phi) is 4.13. The van der Waals surface area contributed by atoms with Crippen molar-refractivity contribution in [2.45, 2.75) is 63.5 Å². The fourth-order valence-electron chi connectivity index (χ4n) is 3.31. The summed E-state index contributed by atoms with van der Waals surface area (Å²) in [5, 5.41) is 6.84. The maximum absolute atomic E-state index is 12.6. The molecule has 0 spiro atoms. The van der Waals surface area contributed by atoms with E-state index in [-0.39, 0.29) is 11.4 Å². The second-order valence-corrected chi connectivity index (χ2v) is 6.78. The molecule has 4 heteroatoms. The van der Waals surface area contributed by atoms with Crippen LogP contribution >= 0.6 is 0 Å². The topological polar surface area (TPSA) is 44.4 Å². The van der Waals surface area contributed by atoms with Crippen LogP contribution in [0.25, 0.3) is 0 Å². The number of allylic oxidation sites excluding steroid dienone is 2. The van der Waals surface area contributed by atoms with Gasteiger partial charge in [-0.05, 0) is 58.4 Å². The first kappa shape index (κ1) is 14.1. The highest BCUT2D eigenvalue weighted by atomic mass is 16.2. The molecule has 0 bridgehead atoms. The molecule has 1 atom stereocenters. The second kappa shape index (κ2) is 5.86. The van der Waals surface area contributed by atoms with E-state index in [1.165, 1.54) is 31.4 Å². The fraction of sp³-hybridized carbons (Fsp3) is 0.812. The van der Waals surface area contributed by atoms with Gasteiger partial charge in [-0.3, -0.25) is 4.79 Å². The monoisotopic (exact) mass is 277 g/mol. The number of nitrogens with one attached hydrogen (secondary N) is 2. The second-order valence-electron chi connectivity index (χ2n) is 6.78. The lowest BCUT2D eigenvalue weighted by Gasteiger charge is -2.30. The maximum atomic E-state index is 12.6. The Balaban J connectivity index is 1.59. The van der Waals surface area contributed by atoms with Crippen molar-refractivity contribution in [1.29, 1.82) is 0 Å². The van der Waals surface area contributed by atoms with Crippen LogP contribution in [-0.4, -0.2) is 42.0 Å². The van der Waals surface area contributed by atoms with E-state index < -0.39 is 0 Å². The van der Waals surface area contributed by atoms with Crippen molar-refractivity contribution >= 4 is 5.91 Å². The molecule has 0 radical (unpaired) electrons. The zero-order valence-electron chi connectivity index (χ0n) is 12.6. The number of carbonyl (C=O) groups is 1. The van der Waals surface area contributed by atoms with Gasteiger partial charge in [-0.15, -0.1) is 0 Å². The van der Waals surface area contributed by atoms with E-state index >= 15 is 0 Å². The van der Waals surface area contributed by atoms with Gasteiger partial charge in [0.15, 0.2) is 0 Å². The Bertz CT molecular complexity index is 395. The third-order valence-corrected chi connectivity index (χ3v) is 4.79. The Morgan fingerprint density at radius 1 is 1.50 bits per heavy atom. The number of nitrogens with zero attached hydrogens (tertiary/aromatic N) is 1. The Morgan fingerprint density at radius 2 is 2.35 bits per heavy atom. The van der Waals surface area contributed by atoms with Crippen molar-refractivity contribution in [2.75, 3.05) is 19.6 Å². The van der Waals surface area contributed by atoms with E-state index in [4.69, 9.17) is 0 Å². The highest BCUT2D eigenvalue weighted by Gasteiger charge is 2.36.